The second-order valence-corrected chi connectivity index (χ2v) is 7.37. The van der Waals surface area contributed by atoms with E-state index < -0.39 is 5.60 Å². The monoisotopic (exact) mass is 415 g/mol. The largest absolute Gasteiger partial charge is 0.356 e. The van der Waals surface area contributed by atoms with Crippen molar-refractivity contribution in [1.82, 2.24) is 44.6 Å². The van der Waals surface area contributed by atoms with Gasteiger partial charge in [0.1, 0.15) is 0 Å². The first kappa shape index (κ1) is 22.2. The van der Waals surface area contributed by atoms with Crippen LogP contribution < -0.4 is 16.0 Å². The van der Waals surface area contributed by atoms with Gasteiger partial charge in [-0.05, 0) is 21.1 Å². The zero-order valence-corrected chi connectivity index (χ0v) is 18.9. The van der Waals surface area contributed by atoms with Gasteiger partial charge in [0, 0.05) is 66.5 Å². The lowest BCUT2D eigenvalue weighted by Gasteiger charge is -2.31. The average Bonchev–Trinajstić information content (AvgIpc) is 3.40. The average molecular weight is 416 g/mol. The predicted octanol–water partition coefficient (Wildman–Crippen LogP) is -0.0164. The van der Waals surface area contributed by atoms with Crippen molar-refractivity contribution in [3.05, 3.63) is 53.1 Å². The molecule has 164 valence electrons. The summed E-state index contributed by atoms with van der Waals surface area (Å²) >= 11 is 0. The minimum atomic E-state index is -1.08. The number of aromatic nitrogens is 6. The third kappa shape index (κ3) is 3.45. The molecule has 3 aromatic rings. The Balaban J connectivity index is 2.31. The Hall–Kier alpha value is -2.53. The Labute approximate surface area is 177 Å². The quantitative estimate of drug-likeness (QED) is 0.428. The van der Waals surface area contributed by atoms with Crippen LogP contribution in [0, 0.1) is 0 Å². The van der Waals surface area contributed by atoms with E-state index in [-0.39, 0.29) is 0 Å². The van der Waals surface area contributed by atoms with Crippen LogP contribution in [0.4, 0.5) is 0 Å². The molecular weight excluding hydrogens is 382 g/mol. The Kier molecular flexibility index (Phi) is 6.71. The number of rotatable bonds is 10. The van der Waals surface area contributed by atoms with E-state index in [9.17, 15) is 0 Å². The van der Waals surface area contributed by atoms with Crippen LogP contribution in [-0.2, 0) is 51.1 Å². The third-order valence-electron chi connectivity index (χ3n) is 5.58. The number of nitrogens with one attached hydrogen (secondary N) is 3. The number of ether oxygens (including phenoxy) is 1. The van der Waals surface area contributed by atoms with Crippen molar-refractivity contribution in [1.29, 1.82) is 0 Å². The van der Waals surface area contributed by atoms with Crippen LogP contribution in [0.15, 0.2) is 18.6 Å². The molecule has 0 amide bonds. The topological polar surface area (TPSA) is 98.8 Å². The van der Waals surface area contributed by atoms with Gasteiger partial charge in [-0.25, -0.2) is 15.0 Å². The molecule has 30 heavy (non-hydrogen) atoms. The van der Waals surface area contributed by atoms with Gasteiger partial charge in [0.2, 0.25) is 5.60 Å². The van der Waals surface area contributed by atoms with Gasteiger partial charge >= 0.3 is 0 Å². The van der Waals surface area contributed by atoms with E-state index in [1.54, 1.807) is 7.11 Å². The summed E-state index contributed by atoms with van der Waals surface area (Å²) in [6, 6.07) is 0. The molecule has 0 aliphatic rings. The summed E-state index contributed by atoms with van der Waals surface area (Å²) < 4.78 is 12.5. The van der Waals surface area contributed by atoms with Gasteiger partial charge < -0.3 is 34.4 Å². The summed E-state index contributed by atoms with van der Waals surface area (Å²) in [7, 11) is 13.4. The Morgan fingerprint density at radius 3 is 1.23 bits per heavy atom. The van der Waals surface area contributed by atoms with E-state index in [1.165, 1.54) is 0 Å². The first-order valence-electron chi connectivity index (χ1n) is 9.98. The zero-order valence-electron chi connectivity index (χ0n) is 18.9. The van der Waals surface area contributed by atoms with Crippen molar-refractivity contribution in [2.24, 2.45) is 21.1 Å². The highest BCUT2D eigenvalue weighted by Crippen LogP contribution is 2.38. The predicted molar refractivity (Wildman–Crippen MR) is 115 cm³/mol. The maximum atomic E-state index is 6.30. The van der Waals surface area contributed by atoms with E-state index in [0.29, 0.717) is 19.6 Å². The summed E-state index contributed by atoms with van der Waals surface area (Å²) in [6.45, 7) is 2.08. The minimum Gasteiger partial charge on any atom is -0.356 e. The van der Waals surface area contributed by atoms with E-state index in [2.05, 4.69) is 29.7 Å². The van der Waals surface area contributed by atoms with Crippen molar-refractivity contribution >= 4 is 0 Å². The standard InChI is InChI=1S/C20H33N9O/c1-21-8-14-11-24-17(27(14)4)20(30-7,18-25-12-15(9-22-2)28(18)5)19-26-13-16(10-23-3)29(19)6/h11-13,21-23H,8-10H2,1-7H3. The van der Waals surface area contributed by atoms with Crippen LogP contribution in [0.2, 0.25) is 0 Å². The summed E-state index contributed by atoms with van der Waals surface area (Å²) in [5, 5.41) is 9.58. The molecule has 0 bridgehead atoms. The summed E-state index contributed by atoms with van der Waals surface area (Å²) in [4.78, 5) is 14.3. The molecule has 0 atom stereocenters. The molecule has 0 saturated heterocycles. The molecule has 3 rings (SSSR count). The third-order valence-corrected chi connectivity index (χ3v) is 5.58. The number of imidazole rings is 3. The molecule has 0 fully saturated rings. The molecule has 0 aromatic carbocycles. The van der Waals surface area contributed by atoms with E-state index in [0.717, 1.165) is 34.6 Å². The highest BCUT2D eigenvalue weighted by Gasteiger charge is 2.48. The zero-order chi connectivity index (χ0) is 21.9. The van der Waals surface area contributed by atoms with Crippen molar-refractivity contribution in [2.75, 3.05) is 28.3 Å². The molecule has 0 spiro atoms. The SMILES string of the molecule is CNCc1cnc(C(OC)(c2ncc(CNC)n2C)c2ncc(CNC)n2C)n1C. The fraction of sp³-hybridized carbons (Fsp3) is 0.550. The molecular formula is C20H33N9O. The van der Waals surface area contributed by atoms with Gasteiger partial charge in [-0.15, -0.1) is 0 Å². The fourth-order valence-corrected chi connectivity index (χ4v) is 3.93. The molecule has 3 heterocycles. The molecule has 0 aliphatic carbocycles. The van der Waals surface area contributed by atoms with Crippen LogP contribution in [0.25, 0.3) is 0 Å². The van der Waals surface area contributed by atoms with Crippen molar-refractivity contribution in [3.8, 4) is 0 Å². The van der Waals surface area contributed by atoms with Crippen molar-refractivity contribution in [3.63, 3.8) is 0 Å². The molecule has 0 unspecified atom stereocenters. The Morgan fingerprint density at radius 2 is 1.00 bits per heavy atom. The maximum Gasteiger partial charge on any atom is 0.241 e. The molecule has 10 heteroatoms. The van der Waals surface area contributed by atoms with Crippen LogP contribution in [0.1, 0.15) is 34.6 Å². The second kappa shape index (κ2) is 9.09. The number of hydrogen-bond acceptors (Lipinski definition) is 7. The number of hydrogen-bond donors (Lipinski definition) is 3. The van der Waals surface area contributed by atoms with E-state index in [1.807, 2.05) is 60.9 Å². The second-order valence-electron chi connectivity index (χ2n) is 7.37. The Bertz CT molecular complexity index is 863. The molecule has 3 N–H and O–H groups in total. The van der Waals surface area contributed by atoms with Gasteiger partial charge in [-0.1, -0.05) is 0 Å². The lowest BCUT2D eigenvalue weighted by Crippen LogP contribution is -2.40. The van der Waals surface area contributed by atoms with Gasteiger partial charge in [-0.2, -0.15) is 0 Å². The Morgan fingerprint density at radius 1 is 0.700 bits per heavy atom. The van der Waals surface area contributed by atoms with Crippen LogP contribution in [-0.4, -0.2) is 56.9 Å². The number of nitrogens with zero attached hydrogens (tertiary/aromatic N) is 6. The molecule has 3 aromatic heterocycles. The number of methoxy groups -OCH3 is 1. The first-order valence-corrected chi connectivity index (χ1v) is 9.98. The van der Waals surface area contributed by atoms with Gasteiger partial charge in [0.15, 0.2) is 17.5 Å². The maximum absolute atomic E-state index is 6.30. The van der Waals surface area contributed by atoms with E-state index in [4.69, 9.17) is 19.7 Å². The van der Waals surface area contributed by atoms with E-state index >= 15 is 0 Å². The van der Waals surface area contributed by atoms with Crippen molar-refractivity contribution < 1.29 is 4.74 Å². The lowest BCUT2D eigenvalue weighted by molar-refractivity contribution is 0.0285. The van der Waals surface area contributed by atoms with Crippen LogP contribution >= 0.6 is 0 Å². The smallest absolute Gasteiger partial charge is 0.241 e. The first-order chi connectivity index (χ1) is 14.5. The highest BCUT2D eigenvalue weighted by atomic mass is 16.5. The van der Waals surface area contributed by atoms with Gasteiger partial charge in [0.25, 0.3) is 0 Å². The summed E-state index contributed by atoms with van der Waals surface area (Å²) in [5.74, 6) is 2.18. The van der Waals surface area contributed by atoms with Crippen molar-refractivity contribution in [2.45, 2.75) is 25.2 Å². The fourth-order valence-electron chi connectivity index (χ4n) is 3.93. The summed E-state index contributed by atoms with van der Waals surface area (Å²) in [5.41, 5.74) is 2.05. The summed E-state index contributed by atoms with van der Waals surface area (Å²) in [6.07, 6.45) is 5.61. The minimum absolute atomic E-state index is 0.695. The van der Waals surface area contributed by atoms with Gasteiger partial charge in [0.05, 0.1) is 17.1 Å². The molecule has 0 aliphatic heterocycles. The highest BCUT2D eigenvalue weighted by molar-refractivity contribution is 5.34. The van der Waals surface area contributed by atoms with Crippen LogP contribution in [0.5, 0.6) is 0 Å². The lowest BCUT2D eigenvalue weighted by atomic mass is 9.99. The normalized spacial score (nSPS) is 12.1. The molecule has 0 saturated carbocycles. The molecule has 10 nitrogen and oxygen atoms in total. The van der Waals surface area contributed by atoms with Gasteiger partial charge in [-0.3, -0.25) is 0 Å². The molecule has 0 radical (unpaired) electrons. The van der Waals surface area contributed by atoms with Crippen LogP contribution in [0.3, 0.4) is 0 Å².